The molecule has 8 nitrogen and oxygen atoms in total. The van der Waals surface area contributed by atoms with Gasteiger partial charge in [0.25, 0.3) is 5.91 Å². The molecule has 1 aliphatic heterocycles. The maximum atomic E-state index is 12.8. The van der Waals surface area contributed by atoms with Crippen LogP contribution in [0.5, 0.6) is 5.75 Å². The first kappa shape index (κ1) is 30.2. The topological polar surface area (TPSA) is 111 Å². The lowest BCUT2D eigenvalue weighted by atomic mass is 10.0. The van der Waals surface area contributed by atoms with E-state index >= 15 is 0 Å². The molecule has 0 bridgehead atoms. The van der Waals surface area contributed by atoms with Crippen molar-refractivity contribution in [1.82, 2.24) is 10.2 Å². The summed E-state index contributed by atoms with van der Waals surface area (Å²) in [4.78, 5) is 14.8. The van der Waals surface area contributed by atoms with Gasteiger partial charge < -0.3 is 15.7 Å². The highest BCUT2D eigenvalue weighted by atomic mass is 35.5. The predicted octanol–water partition coefficient (Wildman–Crippen LogP) is 4.40. The van der Waals surface area contributed by atoms with E-state index in [2.05, 4.69) is 15.4 Å². The SMILES string of the molecule is Cl.O=C(Nc1ccc(O)c(NS(=O)(=O)CCN2CCNCC2)c1)c1ccc(-c2ccc(C(F)(F)F)cc2)cc1. The molecule has 4 rings (SSSR count). The summed E-state index contributed by atoms with van der Waals surface area (Å²) in [6.07, 6.45) is -4.42. The lowest BCUT2D eigenvalue weighted by molar-refractivity contribution is -0.137. The molecule has 4 N–H and O–H groups in total. The molecule has 1 amide bonds. The number of amides is 1. The molecular formula is C26H28ClF3N4O4S. The number of aromatic hydroxyl groups is 1. The number of piperazine rings is 1. The molecule has 0 radical (unpaired) electrons. The zero-order valence-electron chi connectivity index (χ0n) is 20.7. The molecule has 1 fully saturated rings. The van der Waals surface area contributed by atoms with Crippen molar-refractivity contribution in [3.05, 3.63) is 77.9 Å². The number of benzene rings is 3. The Kier molecular flexibility index (Phi) is 9.83. The first-order valence-electron chi connectivity index (χ1n) is 11.9. The number of rotatable bonds is 8. The number of phenols is 1. The molecule has 210 valence electrons. The Balaban J connectivity index is 0.00000420. The Bertz CT molecular complexity index is 1380. The van der Waals surface area contributed by atoms with Crippen LogP contribution in [0.3, 0.4) is 0 Å². The number of carbonyl (C=O) groups excluding carboxylic acids is 1. The monoisotopic (exact) mass is 584 g/mol. The van der Waals surface area contributed by atoms with Gasteiger partial charge in [0.15, 0.2) is 0 Å². The largest absolute Gasteiger partial charge is 0.506 e. The quantitative estimate of drug-likeness (QED) is 0.231. The van der Waals surface area contributed by atoms with E-state index in [-0.39, 0.29) is 40.8 Å². The summed E-state index contributed by atoms with van der Waals surface area (Å²) in [6.45, 7) is 3.47. The molecule has 3 aromatic rings. The Hall–Kier alpha value is -3.32. The predicted molar refractivity (Wildman–Crippen MR) is 147 cm³/mol. The Morgan fingerprint density at radius 1 is 0.949 bits per heavy atom. The number of alkyl halides is 3. The van der Waals surface area contributed by atoms with E-state index in [0.29, 0.717) is 17.7 Å². The normalized spacial score (nSPS) is 14.3. The fourth-order valence-corrected chi connectivity index (χ4v) is 5.07. The first-order chi connectivity index (χ1) is 18.0. The summed E-state index contributed by atoms with van der Waals surface area (Å²) in [5.74, 6) is -0.911. The average molecular weight is 585 g/mol. The van der Waals surface area contributed by atoms with E-state index in [9.17, 15) is 31.5 Å². The van der Waals surface area contributed by atoms with Crippen molar-refractivity contribution >= 4 is 39.7 Å². The minimum absolute atomic E-state index is 0. The molecule has 3 aromatic carbocycles. The molecule has 0 aliphatic carbocycles. The van der Waals surface area contributed by atoms with E-state index in [1.54, 1.807) is 12.1 Å². The third kappa shape index (κ3) is 8.33. The Labute approximate surface area is 230 Å². The van der Waals surface area contributed by atoms with Crippen LogP contribution in [0, 0.1) is 0 Å². The molecule has 0 spiro atoms. The van der Waals surface area contributed by atoms with Crippen molar-refractivity contribution in [3.63, 3.8) is 0 Å². The average Bonchev–Trinajstić information content (AvgIpc) is 2.89. The Morgan fingerprint density at radius 2 is 1.54 bits per heavy atom. The summed E-state index contributed by atoms with van der Waals surface area (Å²) < 4.78 is 65.8. The van der Waals surface area contributed by atoms with Crippen molar-refractivity contribution in [2.45, 2.75) is 6.18 Å². The summed E-state index contributed by atoms with van der Waals surface area (Å²) in [7, 11) is -3.74. The number of carbonyl (C=O) groups is 1. The van der Waals surface area contributed by atoms with E-state index in [4.69, 9.17) is 0 Å². The van der Waals surface area contributed by atoms with Crippen LogP contribution in [0.15, 0.2) is 66.7 Å². The van der Waals surface area contributed by atoms with Crippen LogP contribution >= 0.6 is 12.4 Å². The van der Waals surface area contributed by atoms with Gasteiger partial charge in [0.05, 0.1) is 17.0 Å². The summed E-state index contributed by atoms with van der Waals surface area (Å²) in [5, 5.41) is 16.0. The first-order valence-corrected chi connectivity index (χ1v) is 13.5. The van der Waals surface area contributed by atoms with E-state index in [1.165, 1.54) is 42.5 Å². The van der Waals surface area contributed by atoms with Crippen LogP contribution in [0.1, 0.15) is 15.9 Å². The highest BCUT2D eigenvalue weighted by Gasteiger charge is 2.30. The van der Waals surface area contributed by atoms with Crippen LogP contribution in [0.2, 0.25) is 0 Å². The zero-order chi connectivity index (χ0) is 27.3. The van der Waals surface area contributed by atoms with Crippen LogP contribution in [0.4, 0.5) is 24.5 Å². The van der Waals surface area contributed by atoms with Gasteiger partial charge in [-0.05, 0) is 53.6 Å². The van der Waals surface area contributed by atoms with Gasteiger partial charge in [0, 0.05) is 44.0 Å². The molecule has 1 saturated heterocycles. The van der Waals surface area contributed by atoms with Crippen LogP contribution in [-0.4, -0.2) is 62.8 Å². The van der Waals surface area contributed by atoms with Crippen LogP contribution in [-0.2, 0) is 16.2 Å². The maximum absolute atomic E-state index is 12.8. The highest BCUT2D eigenvalue weighted by Crippen LogP contribution is 2.31. The molecule has 0 aromatic heterocycles. The second-order valence-corrected chi connectivity index (χ2v) is 10.7. The smallest absolute Gasteiger partial charge is 0.416 e. The number of nitrogens with one attached hydrogen (secondary N) is 3. The minimum Gasteiger partial charge on any atom is -0.506 e. The number of halogens is 4. The van der Waals surface area contributed by atoms with Crippen LogP contribution < -0.4 is 15.4 Å². The minimum atomic E-state index is -4.42. The third-order valence-electron chi connectivity index (χ3n) is 6.10. The number of sulfonamides is 1. The summed E-state index contributed by atoms with van der Waals surface area (Å²) >= 11 is 0. The van der Waals surface area contributed by atoms with Crippen molar-refractivity contribution in [1.29, 1.82) is 0 Å². The summed E-state index contributed by atoms with van der Waals surface area (Å²) in [5.41, 5.74) is 0.953. The fraction of sp³-hybridized carbons (Fsp3) is 0.269. The number of anilines is 2. The van der Waals surface area contributed by atoms with Crippen molar-refractivity contribution in [2.24, 2.45) is 0 Å². The van der Waals surface area contributed by atoms with Crippen molar-refractivity contribution in [3.8, 4) is 16.9 Å². The van der Waals surface area contributed by atoms with Gasteiger partial charge >= 0.3 is 6.18 Å². The number of nitrogens with zero attached hydrogens (tertiary/aromatic N) is 1. The van der Waals surface area contributed by atoms with Gasteiger partial charge in [-0.25, -0.2) is 8.42 Å². The highest BCUT2D eigenvalue weighted by molar-refractivity contribution is 7.92. The van der Waals surface area contributed by atoms with E-state index in [0.717, 1.165) is 38.3 Å². The molecule has 39 heavy (non-hydrogen) atoms. The molecule has 0 saturated carbocycles. The molecule has 13 heteroatoms. The van der Waals surface area contributed by atoms with Crippen molar-refractivity contribution in [2.75, 3.05) is 48.5 Å². The molecule has 0 atom stereocenters. The lowest BCUT2D eigenvalue weighted by Crippen LogP contribution is -2.45. The molecular weight excluding hydrogens is 557 g/mol. The number of hydrogen-bond acceptors (Lipinski definition) is 6. The zero-order valence-corrected chi connectivity index (χ0v) is 22.3. The second kappa shape index (κ2) is 12.7. The number of hydrogen-bond donors (Lipinski definition) is 4. The molecule has 1 heterocycles. The Morgan fingerprint density at radius 3 is 2.13 bits per heavy atom. The summed E-state index contributed by atoms with van der Waals surface area (Å²) in [6, 6.07) is 15.0. The second-order valence-electron chi connectivity index (χ2n) is 8.85. The van der Waals surface area contributed by atoms with Gasteiger partial charge in [0.2, 0.25) is 10.0 Å². The lowest BCUT2D eigenvalue weighted by Gasteiger charge is -2.26. The number of phenolic OH excluding ortho intramolecular Hbond substituents is 1. The fourth-order valence-electron chi connectivity index (χ4n) is 3.97. The van der Waals surface area contributed by atoms with Crippen molar-refractivity contribution < 1.29 is 31.5 Å². The third-order valence-corrected chi connectivity index (χ3v) is 7.35. The standard InChI is InChI=1S/C26H27F3N4O4S.ClH/c27-26(28,29)21-7-5-19(6-8-21)18-1-3-20(4-2-18)25(35)31-22-9-10-24(34)23(17-22)32-38(36,37)16-15-33-13-11-30-12-14-33;/h1-10,17,30,32,34H,11-16H2,(H,31,35);1H. The molecule has 0 unspecified atom stereocenters. The van der Waals surface area contributed by atoms with Crippen LogP contribution in [0.25, 0.3) is 11.1 Å². The van der Waals surface area contributed by atoms with Gasteiger partial charge in [-0.3, -0.25) is 14.4 Å². The maximum Gasteiger partial charge on any atom is 0.416 e. The van der Waals surface area contributed by atoms with Gasteiger partial charge in [-0.2, -0.15) is 13.2 Å². The van der Waals surface area contributed by atoms with Gasteiger partial charge in [0.1, 0.15) is 5.75 Å². The van der Waals surface area contributed by atoms with E-state index in [1.807, 2.05) is 4.90 Å². The van der Waals surface area contributed by atoms with E-state index < -0.39 is 27.7 Å². The molecule has 1 aliphatic rings. The van der Waals surface area contributed by atoms with Gasteiger partial charge in [-0.1, -0.05) is 24.3 Å². The van der Waals surface area contributed by atoms with Gasteiger partial charge in [-0.15, -0.1) is 12.4 Å².